The zero-order valence-corrected chi connectivity index (χ0v) is 10.6. The van der Waals surface area contributed by atoms with Crippen LogP contribution >= 0.6 is 0 Å². The predicted molar refractivity (Wildman–Crippen MR) is 76.7 cm³/mol. The minimum absolute atomic E-state index is 1.28. The number of benzene rings is 2. The number of rotatable bonds is 1. The molecule has 6 N–H and O–H groups in total. The first-order valence-electron chi connectivity index (χ1n) is 5.62. The van der Waals surface area contributed by atoms with E-state index in [1.165, 1.54) is 11.1 Å². The van der Waals surface area contributed by atoms with E-state index in [2.05, 4.69) is 48.5 Å². The highest BCUT2D eigenvalue weighted by Gasteiger charge is 1.93. The molecule has 2 aromatic rings. The normalized spacial score (nSPS) is 8.50. The van der Waals surface area contributed by atoms with Gasteiger partial charge in [-0.25, -0.2) is 0 Å². The molecule has 20 heavy (non-hydrogen) atoms. The average molecular weight is 278 g/mol. The van der Waals surface area contributed by atoms with Crippen molar-refractivity contribution < 1.29 is 30.1 Å². The van der Waals surface area contributed by atoms with Gasteiger partial charge in [-0.1, -0.05) is 60.7 Å². The molecule has 0 heterocycles. The Morgan fingerprint density at radius 3 is 0.850 bits per heavy atom. The summed E-state index contributed by atoms with van der Waals surface area (Å²) in [5.74, 6) is 0. The molecular weight excluding hydrogens is 262 g/mol. The van der Waals surface area contributed by atoms with E-state index in [1.807, 2.05) is 12.1 Å². The van der Waals surface area contributed by atoms with E-state index in [0.717, 1.165) is 0 Å². The standard InChI is InChI=1S/C12H10.2BH3O3/c1-3-7-11(8-4-1)12-9-5-2-6-10-12;2*2-1(3)4/h1-10H;2*2-4H. The molecule has 6 nitrogen and oxygen atoms in total. The SMILES string of the molecule is OB(O)O.OB(O)O.c1ccc(-c2ccccc2)cc1. The fraction of sp³-hybridized carbons (Fsp3) is 0. The zero-order chi connectivity index (χ0) is 15.4. The van der Waals surface area contributed by atoms with Gasteiger partial charge in [0.05, 0.1) is 0 Å². The Hall–Kier alpha value is -1.67. The Morgan fingerprint density at radius 2 is 0.650 bits per heavy atom. The lowest BCUT2D eigenvalue weighted by molar-refractivity contribution is 0.276. The predicted octanol–water partition coefficient (Wildman–Crippen LogP) is -0.750. The van der Waals surface area contributed by atoms with E-state index >= 15 is 0 Å². The molecule has 0 aliphatic rings. The number of hydrogen-bond acceptors (Lipinski definition) is 6. The van der Waals surface area contributed by atoms with E-state index in [0.29, 0.717) is 0 Å². The van der Waals surface area contributed by atoms with Crippen LogP contribution in [0.5, 0.6) is 0 Å². The molecule has 8 heteroatoms. The fourth-order valence-electron chi connectivity index (χ4n) is 1.26. The lowest BCUT2D eigenvalue weighted by Gasteiger charge is -1.98. The fourth-order valence-corrected chi connectivity index (χ4v) is 1.26. The molecular formula is C12H16B2O6. The van der Waals surface area contributed by atoms with Gasteiger partial charge in [-0.15, -0.1) is 0 Å². The third-order valence-corrected chi connectivity index (χ3v) is 1.88. The molecule has 0 saturated carbocycles. The van der Waals surface area contributed by atoms with Crippen LogP contribution in [0, 0.1) is 0 Å². The quantitative estimate of drug-likeness (QED) is 0.382. The minimum atomic E-state index is -2.17. The average Bonchev–Trinajstić information content (AvgIpc) is 2.39. The summed E-state index contributed by atoms with van der Waals surface area (Å²) in [4.78, 5) is 0. The van der Waals surface area contributed by atoms with Crippen molar-refractivity contribution in [3.05, 3.63) is 60.7 Å². The van der Waals surface area contributed by atoms with Crippen molar-refractivity contribution in [1.29, 1.82) is 0 Å². The van der Waals surface area contributed by atoms with Gasteiger partial charge >= 0.3 is 14.6 Å². The summed E-state index contributed by atoms with van der Waals surface area (Å²) in [6.07, 6.45) is 0. The molecule has 106 valence electrons. The van der Waals surface area contributed by atoms with Gasteiger partial charge in [-0.3, -0.25) is 0 Å². The van der Waals surface area contributed by atoms with E-state index in [1.54, 1.807) is 0 Å². The molecule has 0 aliphatic carbocycles. The first-order valence-corrected chi connectivity index (χ1v) is 5.62. The first kappa shape index (κ1) is 18.3. The van der Waals surface area contributed by atoms with Gasteiger partial charge in [0.15, 0.2) is 0 Å². The van der Waals surface area contributed by atoms with Crippen LogP contribution in [0.3, 0.4) is 0 Å². The summed E-state index contributed by atoms with van der Waals surface area (Å²) in [6, 6.07) is 20.8. The molecule has 0 fully saturated rings. The van der Waals surface area contributed by atoms with Crippen molar-refractivity contribution in [2.24, 2.45) is 0 Å². The van der Waals surface area contributed by atoms with Crippen LogP contribution in [0.15, 0.2) is 60.7 Å². The Kier molecular flexibility index (Phi) is 10.2. The highest BCUT2D eigenvalue weighted by Crippen LogP contribution is 2.17. The van der Waals surface area contributed by atoms with Crippen LogP contribution in [-0.2, 0) is 0 Å². The highest BCUT2D eigenvalue weighted by atomic mass is 16.5. The van der Waals surface area contributed by atoms with Crippen molar-refractivity contribution in [3.8, 4) is 11.1 Å². The third kappa shape index (κ3) is 11.4. The van der Waals surface area contributed by atoms with Gasteiger partial charge in [0.25, 0.3) is 0 Å². The summed E-state index contributed by atoms with van der Waals surface area (Å²) in [5, 5.41) is 43.0. The van der Waals surface area contributed by atoms with Crippen LogP contribution < -0.4 is 0 Å². The number of hydrogen-bond donors (Lipinski definition) is 6. The van der Waals surface area contributed by atoms with Crippen molar-refractivity contribution in [2.45, 2.75) is 0 Å². The summed E-state index contributed by atoms with van der Waals surface area (Å²) in [5.41, 5.74) is 2.55. The molecule has 0 spiro atoms. The Balaban J connectivity index is 0.000000380. The maximum Gasteiger partial charge on any atom is 0.631 e. The van der Waals surface area contributed by atoms with Crippen molar-refractivity contribution in [1.82, 2.24) is 0 Å². The van der Waals surface area contributed by atoms with Gasteiger partial charge in [0.1, 0.15) is 0 Å². The van der Waals surface area contributed by atoms with Crippen molar-refractivity contribution in [2.75, 3.05) is 0 Å². The van der Waals surface area contributed by atoms with E-state index in [4.69, 9.17) is 30.1 Å². The zero-order valence-electron chi connectivity index (χ0n) is 10.6. The molecule has 0 aromatic heterocycles. The molecule has 0 unspecified atom stereocenters. The maximum absolute atomic E-state index is 7.17. The molecule has 0 amide bonds. The smallest absolute Gasteiger partial charge is 0.402 e. The molecule has 0 radical (unpaired) electrons. The lowest BCUT2D eigenvalue weighted by atomic mass is 10.1. The van der Waals surface area contributed by atoms with Gasteiger partial charge < -0.3 is 30.1 Å². The summed E-state index contributed by atoms with van der Waals surface area (Å²) >= 11 is 0. The minimum Gasteiger partial charge on any atom is -0.402 e. The first-order chi connectivity index (χ1) is 9.43. The topological polar surface area (TPSA) is 121 Å². The van der Waals surface area contributed by atoms with Crippen molar-refractivity contribution in [3.63, 3.8) is 0 Å². The van der Waals surface area contributed by atoms with Gasteiger partial charge in [-0.2, -0.15) is 0 Å². The van der Waals surface area contributed by atoms with Crippen LogP contribution in [-0.4, -0.2) is 44.8 Å². The molecule has 2 rings (SSSR count). The molecule has 0 bridgehead atoms. The Morgan fingerprint density at radius 1 is 0.450 bits per heavy atom. The monoisotopic (exact) mass is 278 g/mol. The molecule has 0 aliphatic heterocycles. The highest BCUT2D eigenvalue weighted by molar-refractivity contribution is 6.30. The van der Waals surface area contributed by atoms with Gasteiger partial charge in [0.2, 0.25) is 0 Å². The molecule has 2 aromatic carbocycles. The molecule has 0 atom stereocenters. The van der Waals surface area contributed by atoms with E-state index in [-0.39, 0.29) is 0 Å². The van der Waals surface area contributed by atoms with Gasteiger partial charge in [0, 0.05) is 0 Å². The van der Waals surface area contributed by atoms with Crippen LogP contribution in [0.25, 0.3) is 11.1 Å². The second-order valence-corrected chi connectivity index (χ2v) is 3.42. The second-order valence-electron chi connectivity index (χ2n) is 3.42. The van der Waals surface area contributed by atoms with E-state index < -0.39 is 14.6 Å². The Bertz CT molecular complexity index is 389. The largest absolute Gasteiger partial charge is 0.631 e. The van der Waals surface area contributed by atoms with Crippen LogP contribution in [0.1, 0.15) is 0 Å². The summed E-state index contributed by atoms with van der Waals surface area (Å²) < 4.78 is 0. The lowest BCUT2D eigenvalue weighted by Crippen LogP contribution is -2.07. The van der Waals surface area contributed by atoms with Crippen molar-refractivity contribution >= 4 is 14.6 Å². The van der Waals surface area contributed by atoms with Crippen LogP contribution in [0.2, 0.25) is 0 Å². The summed E-state index contributed by atoms with van der Waals surface area (Å²) in [6.45, 7) is 0. The second kappa shape index (κ2) is 11.2. The Labute approximate surface area is 117 Å². The summed E-state index contributed by atoms with van der Waals surface area (Å²) in [7, 11) is -4.33. The molecule has 0 saturated heterocycles. The maximum atomic E-state index is 7.17. The van der Waals surface area contributed by atoms with E-state index in [9.17, 15) is 0 Å². The van der Waals surface area contributed by atoms with Crippen LogP contribution in [0.4, 0.5) is 0 Å². The van der Waals surface area contributed by atoms with Gasteiger partial charge in [-0.05, 0) is 11.1 Å². The third-order valence-electron chi connectivity index (χ3n) is 1.88.